The van der Waals surface area contributed by atoms with Crippen LogP contribution in [0.15, 0.2) is 21.1 Å². The summed E-state index contributed by atoms with van der Waals surface area (Å²) in [5.74, 6) is 5.57. The predicted octanol–water partition coefficient (Wildman–Crippen LogP) is 1.72. The highest BCUT2D eigenvalue weighted by atomic mass is 35.5. The van der Waals surface area contributed by atoms with E-state index in [2.05, 4.69) is 15.3 Å². The van der Waals surface area contributed by atoms with Gasteiger partial charge in [-0.25, -0.2) is 5.10 Å². The van der Waals surface area contributed by atoms with E-state index in [9.17, 15) is 4.79 Å². The van der Waals surface area contributed by atoms with Crippen molar-refractivity contribution in [2.75, 3.05) is 18.0 Å². The van der Waals surface area contributed by atoms with Gasteiger partial charge in [0.25, 0.3) is 5.56 Å². The van der Waals surface area contributed by atoms with E-state index in [0.717, 1.165) is 37.2 Å². The molecular formula is C15H21ClN6O. The molecule has 8 heteroatoms. The summed E-state index contributed by atoms with van der Waals surface area (Å²) < 4.78 is 0. The molecule has 1 aliphatic carbocycles. The van der Waals surface area contributed by atoms with Crippen molar-refractivity contribution < 1.29 is 0 Å². The molecule has 2 aliphatic rings. The number of piperidine rings is 1. The molecule has 0 spiro atoms. The molecule has 1 saturated heterocycles. The molecule has 0 unspecified atom stereocenters. The molecule has 2 fully saturated rings. The fourth-order valence-corrected chi connectivity index (χ4v) is 3.43. The standard InChI is InChI=1S/C15H21ClN6O/c16-14-13(8-18-21-15(14)23)22-7-6-11(12(9-22)20-17)19-10-4-2-1-3-5-10/h8,10H,1-7,9,17H2,(H,21,23). The van der Waals surface area contributed by atoms with Crippen LogP contribution < -0.4 is 16.3 Å². The number of aliphatic imine (C=N–C) groups is 1. The van der Waals surface area contributed by atoms with Crippen LogP contribution in [0.2, 0.25) is 5.02 Å². The van der Waals surface area contributed by atoms with Gasteiger partial charge in [-0.2, -0.15) is 10.2 Å². The molecule has 124 valence electrons. The van der Waals surface area contributed by atoms with Crippen LogP contribution in [0.4, 0.5) is 5.69 Å². The number of H-pyrrole nitrogens is 1. The number of hydrogen-bond acceptors (Lipinski definition) is 6. The number of aromatic amines is 1. The summed E-state index contributed by atoms with van der Waals surface area (Å²) >= 11 is 6.08. The van der Waals surface area contributed by atoms with E-state index in [-0.39, 0.29) is 5.02 Å². The molecule has 0 bridgehead atoms. The summed E-state index contributed by atoms with van der Waals surface area (Å²) in [6.45, 7) is 1.21. The highest BCUT2D eigenvalue weighted by Crippen LogP contribution is 2.25. The Morgan fingerprint density at radius 1 is 1.30 bits per heavy atom. The van der Waals surface area contributed by atoms with Crippen LogP contribution in [-0.2, 0) is 0 Å². The zero-order valence-corrected chi connectivity index (χ0v) is 13.7. The van der Waals surface area contributed by atoms with Gasteiger partial charge in [0.1, 0.15) is 10.7 Å². The Balaban J connectivity index is 1.78. The van der Waals surface area contributed by atoms with Crippen LogP contribution in [0.1, 0.15) is 38.5 Å². The van der Waals surface area contributed by atoms with Gasteiger partial charge in [0.2, 0.25) is 0 Å². The number of nitrogens with one attached hydrogen (secondary N) is 1. The van der Waals surface area contributed by atoms with Crippen LogP contribution in [0.3, 0.4) is 0 Å². The van der Waals surface area contributed by atoms with Crippen molar-refractivity contribution in [2.24, 2.45) is 15.9 Å². The molecule has 2 heterocycles. The minimum Gasteiger partial charge on any atom is -0.362 e. The number of rotatable bonds is 2. The van der Waals surface area contributed by atoms with Crippen LogP contribution in [0.25, 0.3) is 0 Å². The zero-order chi connectivity index (χ0) is 16.2. The SMILES string of the molecule is NN=C1CN(c2cn[nH]c(=O)c2Cl)CCC1=NC1CCCCC1. The van der Waals surface area contributed by atoms with Crippen molar-refractivity contribution in [1.82, 2.24) is 10.2 Å². The molecule has 0 atom stereocenters. The average Bonchev–Trinajstić information content (AvgIpc) is 2.59. The van der Waals surface area contributed by atoms with Gasteiger partial charge in [-0.05, 0) is 12.8 Å². The van der Waals surface area contributed by atoms with E-state index in [0.29, 0.717) is 18.3 Å². The number of aromatic nitrogens is 2. The monoisotopic (exact) mass is 336 g/mol. The molecule has 1 saturated carbocycles. The second-order valence-corrected chi connectivity index (χ2v) is 6.39. The third-order valence-corrected chi connectivity index (χ3v) is 4.84. The van der Waals surface area contributed by atoms with Gasteiger partial charge in [0.05, 0.1) is 30.2 Å². The first-order chi connectivity index (χ1) is 11.2. The van der Waals surface area contributed by atoms with Crippen molar-refractivity contribution in [1.29, 1.82) is 0 Å². The van der Waals surface area contributed by atoms with E-state index in [4.69, 9.17) is 22.4 Å². The quantitative estimate of drug-likeness (QED) is 0.634. The third-order valence-electron chi connectivity index (χ3n) is 4.48. The van der Waals surface area contributed by atoms with Crippen molar-refractivity contribution >= 4 is 28.7 Å². The maximum atomic E-state index is 11.6. The van der Waals surface area contributed by atoms with Crippen LogP contribution in [0.5, 0.6) is 0 Å². The lowest BCUT2D eigenvalue weighted by Crippen LogP contribution is -2.43. The van der Waals surface area contributed by atoms with Crippen molar-refractivity contribution in [3.63, 3.8) is 0 Å². The second kappa shape index (κ2) is 7.12. The molecule has 0 amide bonds. The molecule has 3 rings (SSSR count). The fourth-order valence-electron chi connectivity index (χ4n) is 3.22. The van der Waals surface area contributed by atoms with Crippen LogP contribution >= 0.6 is 11.6 Å². The normalized spacial score (nSPS) is 23.6. The van der Waals surface area contributed by atoms with E-state index in [1.165, 1.54) is 19.3 Å². The number of nitrogens with two attached hydrogens (primary N) is 1. The zero-order valence-electron chi connectivity index (χ0n) is 13.0. The van der Waals surface area contributed by atoms with Crippen molar-refractivity contribution in [3.8, 4) is 0 Å². The number of hydrogen-bond donors (Lipinski definition) is 2. The van der Waals surface area contributed by atoms with Crippen LogP contribution in [0, 0.1) is 0 Å². The van der Waals surface area contributed by atoms with Gasteiger partial charge in [-0.15, -0.1) is 0 Å². The molecule has 7 nitrogen and oxygen atoms in total. The highest BCUT2D eigenvalue weighted by Gasteiger charge is 2.25. The van der Waals surface area contributed by atoms with E-state index < -0.39 is 5.56 Å². The highest BCUT2D eigenvalue weighted by molar-refractivity contribution is 6.44. The van der Waals surface area contributed by atoms with Gasteiger partial charge in [-0.3, -0.25) is 9.79 Å². The Hall–Kier alpha value is -1.89. The van der Waals surface area contributed by atoms with E-state index in [1.54, 1.807) is 6.20 Å². The minimum absolute atomic E-state index is 0.143. The Kier molecular flexibility index (Phi) is 4.95. The Labute approximate surface area is 139 Å². The lowest BCUT2D eigenvalue weighted by atomic mass is 9.95. The predicted molar refractivity (Wildman–Crippen MR) is 92.6 cm³/mol. The number of anilines is 1. The summed E-state index contributed by atoms with van der Waals surface area (Å²) in [5, 5.41) is 10.2. The molecule has 0 aromatic carbocycles. The van der Waals surface area contributed by atoms with Gasteiger partial charge in [-0.1, -0.05) is 30.9 Å². The number of nitrogens with zero attached hydrogens (tertiary/aromatic N) is 4. The molecule has 0 radical (unpaired) electrons. The van der Waals surface area contributed by atoms with Gasteiger partial charge in [0.15, 0.2) is 0 Å². The van der Waals surface area contributed by atoms with E-state index >= 15 is 0 Å². The summed E-state index contributed by atoms with van der Waals surface area (Å²) in [5.41, 5.74) is 1.97. The van der Waals surface area contributed by atoms with Crippen LogP contribution in [-0.4, -0.2) is 40.8 Å². The van der Waals surface area contributed by atoms with Gasteiger partial charge < -0.3 is 10.7 Å². The largest absolute Gasteiger partial charge is 0.362 e. The van der Waals surface area contributed by atoms with E-state index in [1.807, 2.05) is 4.90 Å². The summed E-state index contributed by atoms with van der Waals surface area (Å²) in [6, 6.07) is 0.395. The van der Waals surface area contributed by atoms with Gasteiger partial charge in [0, 0.05) is 13.0 Å². The summed E-state index contributed by atoms with van der Waals surface area (Å²) in [4.78, 5) is 18.5. The topological polar surface area (TPSA) is 99.7 Å². The second-order valence-electron chi connectivity index (χ2n) is 6.01. The lowest BCUT2D eigenvalue weighted by Gasteiger charge is -2.31. The fraction of sp³-hybridized carbons (Fsp3) is 0.600. The first-order valence-electron chi connectivity index (χ1n) is 8.01. The van der Waals surface area contributed by atoms with Crippen molar-refractivity contribution in [3.05, 3.63) is 21.6 Å². The Bertz CT molecular complexity index is 677. The summed E-state index contributed by atoms with van der Waals surface area (Å²) in [6.07, 6.45) is 8.40. The number of halogens is 1. The van der Waals surface area contributed by atoms with Gasteiger partial charge >= 0.3 is 0 Å². The molecule has 1 aromatic rings. The Morgan fingerprint density at radius 2 is 2.09 bits per heavy atom. The molecule has 3 N–H and O–H groups in total. The summed E-state index contributed by atoms with van der Waals surface area (Å²) in [7, 11) is 0. The first kappa shape index (κ1) is 16.0. The maximum absolute atomic E-state index is 11.6. The Morgan fingerprint density at radius 3 is 2.83 bits per heavy atom. The first-order valence-corrected chi connectivity index (χ1v) is 8.38. The molecule has 23 heavy (non-hydrogen) atoms. The average molecular weight is 337 g/mol. The maximum Gasteiger partial charge on any atom is 0.285 e. The number of hydrazone groups is 1. The third kappa shape index (κ3) is 3.55. The van der Waals surface area contributed by atoms with Crippen molar-refractivity contribution in [2.45, 2.75) is 44.6 Å². The molecule has 1 aliphatic heterocycles. The smallest absolute Gasteiger partial charge is 0.285 e. The molecular weight excluding hydrogens is 316 g/mol. The minimum atomic E-state index is -0.392. The molecule has 1 aromatic heterocycles. The lowest BCUT2D eigenvalue weighted by molar-refractivity contribution is 0.443.